The molecule has 114 valence electrons. The fraction of sp³-hybridized carbons (Fsp3) is 0.625. The van der Waals surface area contributed by atoms with Crippen molar-refractivity contribution in [2.24, 2.45) is 5.92 Å². The Morgan fingerprint density at radius 2 is 1.85 bits per heavy atom. The number of hydrogen-bond donors (Lipinski definition) is 2. The molecular weight excluding hydrogens is 254 g/mol. The Balaban J connectivity index is 2.11. The van der Waals surface area contributed by atoms with Crippen LogP contribution in [-0.2, 0) is 4.74 Å². The Labute approximate surface area is 122 Å². The van der Waals surface area contributed by atoms with Crippen molar-refractivity contribution < 1.29 is 14.6 Å². The van der Waals surface area contributed by atoms with E-state index in [-0.39, 0.29) is 0 Å². The Morgan fingerprint density at radius 1 is 1.15 bits per heavy atom. The fourth-order valence-electron chi connectivity index (χ4n) is 1.75. The van der Waals surface area contributed by atoms with Crippen LogP contribution in [0, 0.1) is 5.92 Å². The van der Waals surface area contributed by atoms with E-state index in [0.29, 0.717) is 19.1 Å². The van der Waals surface area contributed by atoms with E-state index in [0.717, 1.165) is 30.9 Å². The second-order valence-electron chi connectivity index (χ2n) is 5.29. The maximum atomic E-state index is 10.0. The third kappa shape index (κ3) is 6.89. The second-order valence-corrected chi connectivity index (χ2v) is 5.29. The maximum absolute atomic E-state index is 10.0. The zero-order valence-electron chi connectivity index (χ0n) is 12.8. The molecule has 1 unspecified atom stereocenters. The van der Waals surface area contributed by atoms with Crippen LogP contribution in [0.2, 0.25) is 0 Å². The van der Waals surface area contributed by atoms with Crippen molar-refractivity contribution in [3.05, 3.63) is 29.8 Å². The van der Waals surface area contributed by atoms with Gasteiger partial charge in [0, 0.05) is 19.7 Å². The Bertz CT molecular complexity index is 351. The molecule has 0 radical (unpaired) electrons. The van der Waals surface area contributed by atoms with Gasteiger partial charge in [-0.05, 0) is 30.0 Å². The molecule has 0 heterocycles. The molecule has 20 heavy (non-hydrogen) atoms. The van der Waals surface area contributed by atoms with Crippen molar-refractivity contribution in [2.75, 3.05) is 33.4 Å². The molecule has 0 spiro atoms. The molecule has 0 saturated heterocycles. The standard InChI is InChI=1S/C16H27NO3/c1-13(2)8-10-20-11-9-17-12-16(18)14-4-6-15(19-3)7-5-14/h4-7,13,16-18H,8-12H2,1-3H3. The number of rotatable bonds is 10. The first-order chi connectivity index (χ1) is 9.63. The monoisotopic (exact) mass is 281 g/mol. The summed E-state index contributed by atoms with van der Waals surface area (Å²) in [7, 11) is 1.63. The van der Waals surface area contributed by atoms with Crippen LogP contribution < -0.4 is 10.1 Å². The fourth-order valence-corrected chi connectivity index (χ4v) is 1.75. The van der Waals surface area contributed by atoms with Crippen molar-refractivity contribution >= 4 is 0 Å². The van der Waals surface area contributed by atoms with Crippen LogP contribution in [0.4, 0.5) is 0 Å². The van der Waals surface area contributed by atoms with Crippen molar-refractivity contribution in [2.45, 2.75) is 26.4 Å². The minimum atomic E-state index is -0.503. The zero-order valence-corrected chi connectivity index (χ0v) is 12.8. The van der Waals surface area contributed by atoms with E-state index >= 15 is 0 Å². The number of aliphatic hydroxyl groups excluding tert-OH is 1. The zero-order chi connectivity index (χ0) is 14.8. The Hall–Kier alpha value is -1.10. The van der Waals surface area contributed by atoms with Crippen LogP contribution in [0.5, 0.6) is 5.75 Å². The molecule has 1 atom stereocenters. The van der Waals surface area contributed by atoms with Crippen LogP contribution in [0.25, 0.3) is 0 Å². The minimum absolute atomic E-state index is 0.503. The molecule has 0 amide bonds. The molecule has 0 aliphatic rings. The summed E-state index contributed by atoms with van der Waals surface area (Å²) >= 11 is 0. The predicted molar refractivity (Wildman–Crippen MR) is 81.1 cm³/mol. The summed E-state index contributed by atoms with van der Waals surface area (Å²) < 4.78 is 10.6. The van der Waals surface area contributed by atoms with Gasteiger partial charge in [0.1, 0.15) is 5.75 Å². The topological polar surface area (TPSA) is 50.7 Å². The summed E-state index contributed by atoms with van der Waals surface area (Å²) in [6, 6.07) is 7.47. The first kappa shape index (κ1) is 17.0. The van der Waals surface area contributed by atoms with E-state index in [1.807, 2.05) is 24.3 Å². The lowest BCUT2D eigenvalue weighted by Crippen LogP contribution is -2.25. The van der Waals surface area contributed by atoms with Gasteiger partial charge in [0.05, 0.1) is 19.8 Å². The third-order valence-electron chi connectivity index (χ3n) is 3.10. The molecule has 4 heteroatoms. The van der Waals surface area contributed by atoms with E-state index in [4.69, 9.17) is 9.47 Å². The summed E-state index contributed by atoms with van der Waals surface area (Å²) in [6.45, 7) is 7.15. The SMILES string of the molecule is COc1ccc(C(O)CNCCOCCC(C)C)cc1. The predicted octanol–water partition coefficient (Wildman–Crippen LogP) is 2.38. The molecule has 0 saturated carbocycles. The van der Waals surface area contributed by atoms with Gasteiger partial charge in [-0.15, -0.1) is 0 Å². The van der Waals surface area contributed by atoms with Crippen LogP contribution in [0.1, 0.15) is 31.9 Å². The lowest BCUT2D eigenvalue weighted by molar-refractivity contribution is 0.119. The average Bonchev–Trinajstić information content (AvgIpc) is 2.45. The summed E-state index contributed by atoms with van der Waals surface area (Å²) in [5.41, 5.74) is 0.888. The number of ether oxygens (including phenoxy) is 2. The van der Waals surface area contributed by atoms with Gasteiger partial charge in [0.15, 0.2) is 0 Å². The van der Waals surface area contributed by atoms with Gasteiger partial charge in [-0.25, -0.2) is 0 Å². The molecule has 0 aliphatic heterocycles. The van der Waals surface area contributed by atoms with Gasteiger partial charge in [0.25, 0.3) is 0 Å². The van der Waals surface area contributed by atoms with E-state index in [2.05, 4.69) is 19.2 Å². The van der Waals surface area contributed by atoms with Crippen molar-refractivity contribution in [3.8, 4) is 5.75 Å². The van der Waals surface area contributed by atoms with Crippen LogP contribution >= 0.6 is 0 Å². The van der Waals surface area contributed by atoms with E-state index in [1.165, 1.54) is 0 Å². The molecule has 1 aromatic rings. The third-order valence-corrected chi connectivity index (χ3v) is 3.10. The molecule has 0 aliphatic carbocycles. The van der Waals surface area contributed by atoms with E-state index < -0.39 is 6.10 Å². The molecule has 4 nitrogen and oxygen atoms in total. The molecule has 0 aromatic heterocycles. The number of hydrogen-bond acceptors (Lipinski definition) is 4. The van der Waals surface area contributed by atoms with Crippen molar-refractivity contribution in [1.82, 2.24) is 5.32 Å². The number of nitrogens with one attached hydrogen (secondary N) is 1. The maximum Gasteiger partial charge on any atom is 0.118 e. The molecule has 0 bridgehead atoms. The lowest BCUT2D eigenvalue weighted by Gasteiger charge is -2.13. The quantitative estimate of drug-likeness (QED) is 0.647. The van der Waals surface area contributed by atoms with Gasteiger partial charge in [0.2, 0.25) is 0 Å². The largest absolute Gasteiger partial charge is 0.497 e. The smallest absolute Gasteiger partial charge is 0.118 e. The van der Waals surface area contributed by atoms with Crippen molar-refractivity contribution in [1.29, 1.82) is 0 Å². The number of benzene rings is 1. The summed E-state index contributed by atoms with van der Waals surface area (Å²) in [6.07, 6.45) is 0.589. The van der Waals surface area contributed by atoms with E-state index in [1.54, 1.807) is 7.11 Å². The van der Waals surface area contributed by atoms with Crippen molar-refractivity contribution in [3.63, 3.8) is 0 Å². The molecular formula is C16H27NO3. The van der Waals surface area contributed by atoms with Gasteiger partial charge in [-0.3, -0.25) is 0 Å². The molecule has 1 aromatic carbocycles. The van der Waals surface area contributed by atoms with Crippen LogP contribution in [-0.4, -0.2) is 38.5 Å². The highest BCUT2D eigenvalue weighted by atomic mass is 16.5. The number of aliphatic hydroxyl groups is 1. The normalized spacial score (nSPS) is 12.7. The van der Waals surface area contributed by atoms with Crippen LogP contribution in [0.3, 0.4) is 0 Å². The summed E-state index contributed by atoms with van der Waals surface area (Å²) in [5, 5.41) is 13.2. The molecule has 1 rings (SSSR count). The van der Waals surface area contributed by atoms with Gasteiger partial charge in [-0.1, -0.05) is 26.0 Å². The van der Waals surface area contributed by atoms with Gasteiger partial charge in [-0.2, -0.15) is 0 Å². The average molecular weight is 281 g/mol. The summed E-state index contributed by atoms with van der Waals surface area (Å²) in [4.78, 5) is 0. The first-order valence-electron chi connectivity index (χ1n) is 7.24. The Morgan fingerprint density at radius 3 is 2.45 bits per heavy atom. The highest BCUT2D eigenvalue weighted by Crippen LogP contribution is 2.16. The molecule has 2 N–H and O–H groups in total. The van der Waals surface area contributed by atoms with Crippen LogP contribution in [0.15, 0.2) is 24.3 Å². The number of methoxy groups -OCH3 is 1. The van der Waals surface area contributed by atoms with E-state index in [9.17, 15) is 5.11 Å². The summed E-state index contributed by atoms with van der Waals surface area (Å²) in [5.74, 6) is 1.48. The first-order valence-corrected chi connectivity index (χ1v) is 7.24. The minimum Gasteiger partial charge on any atom is -0.497 e. The highest BCUT2D eigenvalue weighted by molar-refractivity contribution is 5.28. The Kier molecular flexibility index (Phi) is 8.26. The van der Waals surface area contributed by atoms with Gasteiger partial charge >= 0.3 is 0 Å². The van der Waals surface area contributed by atoms with Gasteiger partial charge < -0.3 is 19.9 Å². The lowest BCUT2D eigenvalue weighted by atomic mass is 10.1. The molecule has 0 fully saturated rings. The second kappa shape index (κ2) is 9.75. The highest BCUT2D eigenvalue weighted by Gasteiger charge is 2.06.